The predicted molar refractivity (Wildman–Crippen MR) is 92.7 cm³/mol. The molecular formula is C16H17ClF2N4O2. The van der Waals surface area contributed by atoms with Gasteiger partial charge >= 0.3 is 0 Å². The number of nitrogens with two attached hydrogens (primary N) is 1. The normalized spacial score (nSPS) is 11.5. The maximum atomic E-state index is 12.1. The van der Waals surface area contributed by atoms with Crippen molar-refractivity contribution in [1.82, 2.24) is 4.98 Å². The van der Waals surface area contributed by atoms with Crippen LogP contribution in [0.3, 0.4) is 0 Å². The van der Waals surface area contributed by atoms with Crippen LogP contribution in [0.1, 0.15) is 5.56 Å². The molecule has 0 bridgehead atoms. The predicted octanol–water partition coefficient (Wildman–Crippen LogP) is 3.31. The van der Waals surface area contributed by atoms with Gasteiger partial charge < -0.3 is 20.5 Å². The smallest absolute Gasteiger partial charge is 0.272 e. The van der Waals surface area contributed by atoms with Crippen LogP contribution in [0, 0.1) is 0 Å². The average Bonchev–Trinajstić information content (AvgIpc) is 2.59. The highest BCUT2D eigenvalue weighted by Crippen LogP contribution is 2.27. The van der Waals surface area contributed by atoms with Gasteiger partial charge in [-0.3, -0.25) is 0 Å². The van der Waals surface area contributed by atoms with Gasteiger partial charge in [-0.2, -0.15) is 0 Å². The molecule has 0 atom stereocenters. The molecule has 25 heavy (non-hydrogen) atoms. The topological polar surface area (TPSA) is 81.8 Å². The molecule has 1 aromatic carbocycles. The summed E-state index contributed by atoms with van der Waals surface area (Å²) in [4.78, 5) is 8.03. The Morgan fingerprint density at radius 1 is 1.36 bits per heavy atom. The van der Waals surface area contributed by atoms with Gasteiger partial charge in [0.15, 0.2) is 12.6 Å². The summed E-state index contributed by atoms with van der Waals surface area (Å²) in [5.74, 6) is 0.838. The van der Waals surface area contributed by atoms with Crippen LogP contribution in [-0.4, -0.2) is 31.1 Å². The van der Waals surface area contributed by atoms with Crippen LogP contribution in [0.5, 0.6) is 11.6 Å². The van der Waals surface area contributed by atoms with E-state index in [0.29, 0.717) is 16.5 Å². The zero-order valence-corrected chi connectivity index (χ0v) is 14.1. The first-order chi connectivity index (χ1) is 12.0. The van der Waals surface area contributed by atoms with Crippen LogP contribution < -0.4 is 20.5 Å². The molecule has 9 heteroatoms. The van der Waals surface area contributed by atoms with Crippen molar-refractivity contribution in [3.05, 3.63) is 47.1 Å². The molecule has 3 N–H and O–H groups in total. The summed E-state index contributed by atoms with van der Waals surface area (Å²) in [5.41, 5.74) is 7.20. The maximum Gasteiger partial charge on any atom is 0.272 e. The van der Waals surface area contributed by atoms with Gasteiger partial charge in [0.25, 0.3) is 6.43 Å². The minimum atomic E-state index is -2.56. The number of pyridine rings is 1. The van der Waals surface area contributed by atoms with Crippen molar-refractivity contribution in [2.75, 3.05) is 19.0 Å². The van der Waals surface area contributed by atoms with Gasteiger partial charge in [0.05, 0.1) is 18.7 Å². The molecule has 0 saturated carbocycles. The van der Waals surface area contributed by atoms with Crippen LogP contribution in [0.2, 0.25) is 5.02 Å². The molecule has 0 saturated heterocycles. The van der Waals surface area contributed by atoms with Gasteiger partial charge in [0.1, 0.15) is 5.75 Å². The third kappa shape index (κ3) is 6.07. The molecule has 0 aliphatic heterocycles. The summed E-state index contributed by atoms with van der Waals surface area (Å²) < 4.78 is 34.2. The molecule has 0 aliphatic rings. The second-order valence-electron chi connectivity index (χ2n) is 4.88. The van der Waals surface area contributed by atoms with E-state index >= 15 is 0 Å². The molecule has 0 radical (unpaired) electrons. The number of aromatic nitrogens is 1. The van der Waals surface area contributed by atoms with Crippen molar-refractivity contribution in [3.63, 3.8) is 0 Å². The van der Waals surface area contributed by atoms with Crippen molar-refractivity contribution in [2.24, 2.45) is 10.7 Å². The van der Waals surface area contributed by atoms with Crippen molar-refractivity contribution in [1.29, 1.82) is 0 Å². The number of nitrogens with one attached hydrogen (secondary N) is 1. The number of halogens is 3. The quantitative estimate of drug-likeness (QED) is 0.577. The minimum absolute atomic E-state index is 0.112. The molecular weight excluding hydrogens is 354 g/mol. The summed E-state index contributed by atoms with van der Waals surface area (Å²) in [6.07, 6.45) is -1.10. The number of benzene rings is 1. The van der Waals surface area contributed by atoms with Crippen LogP contribution >= 0.6 is 11.6 Å². The van der Waals surface area contributed by atoms with Crippen LogP contribution in [0.15, 0.2) is 41.5 Å². The summed E-state index contributed by atoms with van der Waals surface area (Å²) in [7, 11) is 1.53. The zero-order valence-electron chi connectivity index (χ0n) is 13.4. The summed E-state index contributed by atoms with van der Waals surface area (Å²) in [6, 6.07) is 8.33. The third-order valence-electron chi connectivity index (χ3n) is 3.01. The lowest BCUT2D eigenvalue weighted by atomic mass is 10.3. The highest BCUT2D eigenvalue weighted by Gasteiger charge is 2.05. The number of nitrogens with zero attached hydrogens (tertiary/aromatic N) is 2. The maximum absolute atomic E-state index is 12.1. The number of ether oxygens (including phenoxy) is 2. The van der Waals surface area contributed by atoms with E-state index in [-0.39, 0.29) is 18.4 Å². The van der Waals surface area contributed by atoms with E-state index in [0.717, 1.165) is 5.56 Å². The Hall–Kier alpha value is -2.61. The Labute approximate surface area is 148 Å². The molecule has 2 rings (SSSR count). The highest BCUT2D eigenvalue weighted by molar-refractivity contribution is 6.32. The number of hydrogen-bond donors (Lipinski definition) is 2. The summed E-state index contributed by atoms with van der Waals surface area (Å²) in [6.45, 7) is -0.474. The van der Waals surface area contributed by atoms with Crippen molar-refractivity contribution < 1.29 is 18.3 Å². The number of aliphatic imine (C=N–C) groups is 1. The average molecular weight is 371 g/mol. The lowest BCUT2D eigenvalue weighted by molar-refractivity contribution is 0.0795. The lowest BCUT2D eigenvalue weighted by Gasteiger charge is -2.09. The third-order valence-corrected chi connectivity index (χ3v) is 3.31. The first-order valence-corrected chi connectivity index (χ1v) is 7.62. The number of methoxy groups -OCH3 is 1. The fourth-order valence-corrected chi connectivity index (χ4v) is 2.14. The standard InChI is InChI=1S/C16H17ClF2N4O2/c1-24-13-3-2-11(7-12(13)17)23-16(20)22-8-10-4-5-21-15(6-10)25-9-14(18)19/h2-7,14H,8-9H2,1H3,(H3,20,22,23). The fraction of sp³-hybridized carbons (Fsp3) is 0.250. The van der Waals surface area contributed by atoms with Gasteiger partial charge in [0.2, 0.25) is 5.88 Å². The Morgan fingerprint density at radius 3 is 2.84 bits per heavy atom. The number of anilines is 1. The molecule has 2 aromatic rings. The van der Waals surface area contributed by atoms with E-state index in [4.69, 9.17) is 26.8 Å². The number of hydrogen-bond acceptors (Lipinski definition) is 4. The number of alkyl halides is 2. The van der Waals surface area contributed by atoms with Gasteiger partial charge in [0, 0.05) is 18.0 Å². The molecule has 1 aromatic heterocycles. The second-order valence-corrected chi connectivity index (χ2v) is 5.29. The monoisotopic (exact) mass is 370 g/mol. The van der Waals surface area contributed by atoms with Crippen LogP contribution in [-0.2, 0) is 6.54 Å². The first kappa shape index (κ1) is 18.7. The highest BCUT2D eigenvalue weighted by atomic mass is 35.5. The molecule has 0 fully saturated rings. The fourth-order valence-electron chi connectivity index (χ4n) is 1.88. The molecule has 0 spiro atoms. The molecule has 1 heterocycles. The molecule has 134 valence electrons. The van der Waals surface area contributed by atoms with Crippen molar-refractivity contribution >= 4 is 23.2 Å². The van der Waals surface area contributed by atoms with Crippen LogP contribution in [0.4, 0.5) is 14.5 Å². The Morgan fingerprint density at radius 2 is 2.16 bits per heavy atom. The van der Waals surface area contributed by atoms with E-state index in [1.165, 1.54) is 19.4 Å². The van der Waals surface area contributed by atoms with Gasteiger partial charge in [-0.25, -0.2) is 18.8 Å². The molecule has 0 aliphatic carbocycles. The van der Waals surface area contributed by atoms with Gasteiger partial charge in [-0.1, -0.05) is 11.6 Å². The van der Waals surface area contributed by atoms with Crippen molar-refractivity contribution in [3.8, 4) is 11.6 Å². The van der Waals surface area contributed by atoms with E-state index < -0.39 is 13.0 Å². The van der Waals surface area contributed by atoms with E-state index in [1.54, 1.807) is 24.3 Å². The van der Waals surface area contributed by atoms with E-state index in [9.17, 15) is 8.78 Å². The first-order valence-electron chi connectivity index (χ1n) is 7.24. The Bertz CT molecular complexity index is 744. The van der Waals surface area contributed by atoms with E-state index in [2.05, 4.69) is 15.3 Å². The Kier molecular flexibility index (Phi) is 6.76. The van der Waals surface area contributed by atoms with E-state index in [1.807, 2.05) is 0 Å². The molecule has 0 unspecified atom stereocenters. The molecule has 6 nitrogen and oxygen atoms in total. The summed E-state index contributed by atoms with van der Waals surface area (Å²) in [5, 5.41) is 3.34. The second kappa shape index (κ2) is 9.03. The minimum Gasteiger partial charge on any atom is -0.495 e. The zero-order chi connectivity index (χ0) is 18.2. The largest absolute Gasteiger partial charge is 0.495 e. The van der Waals surface area contributed by atoms with Crippen LogP contribution in [0.25, 0.3) is 0 Å². The van der Waals surface area contributed by atoms with Gasteiger partial charge in [-0.05, 0) is 29.8 Å². The molecule has 0 amide bonds. The van der Waals surface area contributed by atoms with Crippen molar-refractivity contribution in [2.45, 2.75) is 13.0 Å². The number of guanidine groups is 1. The SMILES string of the molecule is COc1ccc(NC(N)=NCc2ccnc(OCC(F)F)c2)cc1Cl. The lowest BCUT2D eigenvalue weighted by Crippen LogP contribution is -2.22. The Balaban J connectivity index is 1.96. The summed E-state index contributed by atoms with van der Waals surface area (Å²) >= 11 is 6.04. The van der Waals surface area contributed by atoms with Gasteiger partial charge in [-0.15, -0.1) is 0 Å². The number of rotatable bonds is 7.